The van der Waals surface area contributed by atoms with Crippen molar-refractivity contribution < 1.29 is 10.2 Å². The number of hydrogen-bond acceptors (Lipinski definition) is 6. The Hall–Kier alpha value is -1.76. The molecule has 0 unspecified atom stereocenters. The molecular weight excluding hydrogens is 658 g/mol. The number of alkyl halides is 2. The van der Waals surface area contributed by atoms with Crippen molar-refractivity contribution >= 4 is 70.8 Å². The fourth-order valence-electron chi connectivity index (χ4n) is 5.08. The fraction of sp³-hybridized carbons (Fsp3) is 0.429. The minimum absolute atomic E-state index is 0.264. The summed E-state index contributed by atoms with van der Waals surface area (Å²) in [4.78, 5) is 6.67. The van der Waals surface area contributed by atoms with E-state index in [-0.39, 0.29) is 13.1 Å². The summed E-state index contributed by atoms with van der Waals surface area (Å²) in [6, 6.07) is 15.0. The van der Waals surface area contributed by atoms with E-state index in [0.717, 1.165) is 36.8 Å². The molecule has 0 aliphatic heterocycles. The summed E-state index contributed by atoms with van der Waals surface area (Å²) in [5.41, 5.74) is -0.520. The Bertz CT molecular complexity index is 1540. The van der Waals surface area contributed by atoms with Crippen LogP contribution >= 0.6 is 70.8 Å². The third-order valence-electron chi connectivity index (χ3n) is 8.01. The van der Waals surface area contributed by atoms with Gasteiger partial charge in [0.1, 0.15) is 23.9 Å². The van der Waals surface area contributed by atoms with E-state index in [1.54, 1.807) is 9.36 Å². The maximum atomic E-state index is 11.2. The molecule has 14 heteroatoms. The summed E-state index contributed by atoms with van der Waals surface area (Å²) < 4.78 is 4.06. The average Bonchev–Trinajstić information content (AvgIpc) is 3.81. The van der Waals surface area contributed by atoms with Crippen LogP contribution in [0.25, 0.3) is 0 Å². The number of hydrogen-bond donors (Lipinski definition) is 4. The SMILES string of the molecule is O[C@@](Cc1ccccc1Cl)(Cn1[nH]cnc1=S)C1(Cl)CC1.O[C@](Cc1ccccc1Cl)(Cn1[nH]cnc1=S)C1(Cl)CC1. The van der Waals surface area contributed by atoms with E-state index in [0.29, 0.717) is 32.4 Å². The fourth-order valence-corrected chi connectivity index (χ4v) is 6.27. The van der Waals surface area contributed by atoms with Gasteiger partial charge >= 0.3 is 0 Å². The standard InChI is InChI=1S/2C14H15Cl2N3OS/c2*15-11-4-2-1-3-10(11)7-14(20,13(16)5-6-13)8-19-12(21)17-9-18-19/h2*1-4,9,20H,5-8H2,(H,17,18,21)/t2*14-/m10/s1. The molecule has 4 N–H and O–H groups in total. The lowest BCUT2D eigenvalue weighted by molar-refractivity contribution is 0.00694. The molecule has 2 fully saturated rings. The van der Waals surface area contributed by atoms with Gasteiger partial charge in [-0.2, -0.15) is 0 Å². The molecule has 0 amide bonds. The average molecular weight is 689 g/mol. The van der Waals surface area contributed by atoms with Crippen LogP contribution in [-0.4, -0.2) is 60.7 Å². The number of aromatic nitrogens is 6. The van der Waals surface area contributed by atoms with Crippen LogP contribution in [0.4, 0.5) is 0 Å². The highest BCUT2D eigenvalue weighted by molar-refractivity contribution is 7.71. The number of rotatable bonds is 10. The third-order valence-corrected chi connectivity index (χ3v) is 10.9. The van der Waals surface area contributed by atoms with Gasteiger partial charge in [0.2, 0.25) is 9.54 Å². The lowest BCUT2D eigenvalue weighted by Gasteiger charge is -2.33. The predicted octanol–water partition coefficient (Wildman–Crippen LogP) is 6.68. The van der Waals surface area contributed by atoms with E-state index >= 15 is 0 Å². The summed E-state index contributed by atoms with van der Waals surface area (Å²) in [5.74, 6) is 0. The van der Waals surface area contributed by atoms with Crippen LogP contribution in [0.5, 0.6) is 0 Å². The summed E-state index contributed by atoms with van der Waals surface area (Å²) in [6.45, 7) is 0.529. The van der Waals surface area contributed by atoms with E-state index < -0.39 is 21.0 Å². The molecular formula is C28H30Cl4N6O2S2. The van der Waals surface area contributed by atoms with Crippen molar-refractivity contribution in [2.45, 2.75) is 72.6 Å². The second-order valence-corrected chi connectivity index (χ2v) is 14.0. The van der Waals surface area contributed by atoms with E-state index in [1.165, 1.54) is 12.7 Å². The number of H-pyrrole nitrogens is 2. The van der Waals surface area contributed by atoms with Crippen molar-refractivity contribution in [2.24, 2.45) is 0 Å². The van der Waals surface area contributed by atoms with Crippen molar-refractivity contribution in [3.05, 3.63) is 91.9 Å². The van der Waals surface area contributed by atoms with Crippen LogP contribution < -0.4 is 0 Å². The van der Waals surface area contributed by atoms with Crippen LogP contribution in [-0.2, 0) is 25.9 Å². The zero-order valence-electron chi connectivity index (χ0n) is 22.4. The second-order valence-electron chi connectivity index (χ2n) is 11.0. The first-order valence-corrected chi connectivity index (χ1v) is 15.7. The molecule has 2 atom stereocenters. The lowest BCUT2D eigenvalue weighted by atomic mass is 9.89. The minimum Gasteiger partial charge on any atom is -0.386 e. The Morgan fingerprint density at radius 3 is 1.36 bits per heavy atom. The Morgan fingerprint density at radius 2 is 1.07 bits per heavy atom. The monoisotopic (exact) mass is 686 g/mol. The molecule has 42 heavy (non-hydrogen) atoms. The van der Waals surface area contributed by atoms with E-state index in [1.807, 2.05) is 48.5 Å². The number of benzene rings is 2. The molecule has 0 saturated heterocycles. The van der Waals surface area contributed by atoms with Crippen molar-refractivity contribution in [3.8, 4) is 0 Å². The molecule has 8 nitrogen and oxygen atoms in total. The highest BCUT2D eigenvalue weighted by Crippen LogP contribution is 2.54. The van der Waals surface area contributed by atoms with Gasteiger partial charge in [-0.1, -0.05) is 59.6 Å². The minimum atomic E-state index is -1.13. The molecule has 2 saturated carbocycles. The predicted molar refractivity (Wildman–Crippen MR) is 171 cm³/mol. The first-order chi connectivity index (χ1) is 19.9. The van der Waals surface area contributed by atoms with Gasteiger partial charge in [0.15, 0.2) is 0 Å². The van der Waals surface area contributed by atoms with Crippen molar-refractivity contribution in [1.29, 1.82) is 0 Å². The molecule has 6 rings (SSSR count). The summed E-state index contributed by atoms with van der Waals surface area (Å²) >= 11 is 35.8. The summed E-state index contributed by atoms with van der Waals surface area (Å²) in [6.07, 6.45) is 6.86. The topological polar surface area (TPSA) is 108 Å². The van der Waals surface area contributed by atoms with Gasteiger partial charge in [0, 0.05) is 22.9 Å². The van der Waals surface area contributed by atoms with Crippen LogP contribution in [0.3, 0.4) is 0 Å². The van der Waals surface area contributed by atoms with Gasteiger partial charge in [0.05, 0.1) is 22.8 Å². The lowest BCUT2D eigenvalue weighted by Crippen LogP contribution is -2.47. The quantitative estimate of drug-likeness (QED) is 0.110. The molecule has 2 aromatic carbocycles. The molecule has 0 radical (unpaired) electrons. The van der Waals surface area contributed by atoms with Crippen LogP contribution in [0.1, 0.15) is 36.8 Å². The smallest absolute Gasteiger partial charge is 0.215 e. The maximum absolute atomic E-state index is 11.2. The van der Waals surface area contributed by atoms with Crippen LogP contribution in [0, 0.1) is 9.54 Å². The highest BCUT2D eigenvalue weighted by Gasteiger charge is 2.59. The van der Waals surface area contributed by atoms with E-state index in [9.17, 15) is 10.2 Å². The first kappa shape index (κ1) is 31.7. The number of nitrogens with one attached hydrogen (secondary N) is 2. The van der Waals surface area contributed by atoms with E-state index in [4.69, 9.17) is 70.8 Å². The zero-order chi connectivity index (χ0) is 30.2. The highest BCUT2D eigenvalue weighted by atomic mass is 35.5. The van der Waals surface area contributed by atoms with Crippen molar-refractivity contribution in [3.63, 3.8) is 0 Å². The number of aromatic amines is 2. The molecule has 2 aliphatic rings. The third kappa shape index (κ3) is 6.81. The van der Waals surface area contributed by atoms with Crippen LogP contribution in [0.15, 0.2) is 61.2 Å². The van der Waals surface area contributed by atoms with Gasteiger partial charge in [-0.3, -0.25) is 19.6 Å². The Kier molecular flexibility index (Phi) is 9.29. The maximum Gasteiger partial charge on any atom is 0.215 e. The first-order valence-electron chi connectivity index (χ1n) is 13.4. The van der Waals surface area contributed by atoms with Crippen molar-refractivity contribution in [1.82, 2.24) is 29.5 Å². The molecule has 2 aliphatic carbocycles. The van der Waals surface area contributed by atoms with Gasteiger partial charge < -0.3 is 10.2 Å². The van der Waals surface area contributed by atoms with Crippen LogP contribution in [0.2, 0.25) is 10.0 Å². The Morgan fingerprint density at radius 1 is 0.714 bits per heavy atom. The molecule has 4 aromatic rings. The van der Waals surface area contributed by atoms with Gasteiger partial charge in [-0.15, -0.1) is 23.2 Å². The van der Waals surface area contributed by atoms with Gasteiger partial charge in [0.25, 0.3) is 0 Å². The molecule has 2 heterocycles. The van der Waals surface area contributed by atoms with Crippen molar-refractivity contribution in [2.75, 3.05) is 0 Å². The summed E-state index contributed by atoms with van der Waals surface area (Å²) in [5, 5.41) is 29.4. The number of halogens is 4. The molecule has 224 valence electrons. The zero-order valence-corrected chi connectivity index (χ0v) is 27.1. The molecule has 0 spiro atoms. The Balaban J connectivity index is 0.000000168. The van der Waals surface area contributed by atoms with Gasteiger partial charge in [-0.05, 0) is 73.4 Å². The van der Waals surface area contributed by atoms with E-state index in [2.05, 4.69) is 20.2 Å². The van der Waals surface area contributed by atoms with Gasteiger partial charge in [-0.25, -0.2) is 9.97 Å². The molecule has 0 bridgehead atoms. The largest absolute Gasteiger partial charge is 0.386 e. The second kappa shape index (κ2) is 12.3. The number of aliphatic hydroxyl groups is 2. The normalized spacial score (nSPS) is 19.2. The summed E-state index contributed by atoms with van der Waals surface area (Å²) in [7, 11) is 0. The number of nitrogens with zero attached hydrogens (tertiary/aromatic N) is 4. The Labute approximate surface area is 273 Å². The molecule has 2 aromatic heterocycles.